The van der Waals surface area contributed by atoms with Gasteiger partial charge in [-0.15, -0.1) is 0 Å². The number of carbonyl (C=O) groups excluding carboxylic acids is 2. The average molecular weight is 559 g/mol. The summed E-state index contributed by atoms with van der Waals surface area (Å²) in [5, 5.41) is 24.3. The Morgan fingerprint density at radius 1 is 1.21 bits per heavy atom. The van der Waals surface area contributed by atoms with Gasteiger partial charge in [0, 0.05) is 56.1 Å². The first-order valence-electron chi connectivity index (χ1n) is 12.6. The number of aliphatic hydroxyl groups is 2. The van der Waals surface area contributed by atoms with E-state index in [0.717, 1.165) is 0 Å². The lowest BCUT2D eigenvalue weighted by Gasteiger charge is -2.33. The minimum absolute atomic E-state index is 0.0199. The van der Waals surface area contributed by atoms with Crippen molar-refractivity contribution in [1.29, 1.82) is 0 Å². The van der Waals surface area contributed by atoms with E-state index in [2.05, 4.69) is 10.3 Å². The predicted molar refractivity (Wildman–Crippen MR) is 145 cm³/mol. The van der Waals surface area contributed by atoms with Crippen LogP contribution in [0, 0.1) is 11.2 Å². The second-order valence-corrected chi connectivity index (χ2v) is 10.7. The number of nitrogens with one attached hydrogen (secondary N) is 1. The van der Waals surface area contributed by atoms with Gasteiger partial charge in [0.15, 0.2) is 0 Å². The highest BCUT2D eigenvalue weighted by atomic mass is 35.5. The standard InChI is InChI=1S/C28H32ClFN4O5/c1-17(2)32-26-8-23(24(29)9-31-26)21-7-25-27(38)34(14-28(15-35,16-36)13-33(25)11-21)10-20-6-22(30)5-4-19(20)12-39-18(3)37/h4-9,11,17,35-36H,10,12-16H2,1-3H3,(H,31,32). The molecule has 0 aliphatic carbocycles. The molecule has 0 saturated heterocycles. The lowest BCUT2D eigenvalue weighted by molar-refractivity contribution is -0.142. The Hall–Kier alpha value is -3.47. The summed E-state index contributed by atoms with van der Waals surface area (Å²) in [6.07, 6.45) is 3.31. The number of aliphatic hydroxyl groups excluding tert-OH is 2. The van der Waals surface area contributed by atoms with Crippen molar-refractivity contribution < 1.29 is 28.9 Å². The Morgan fingerprint density at radius 2 is 1.95 bits per heavy atom. The molecule has 2 aromatic heterocycles. The molecule has 0 unspecified atom stereocenters. The Kier molecular flexibility index (Phi) is 8.58. The number of pyridine rings is 1. The molecule has 0 fully saturated rings. The average Bonchev–Trinajstić information content (AvgIpc) is 3.26. The molecule has 0 bridgehead atoms. The summed E-state index contributed by atoms with van der Waals surface area (Å²) in [5.74, 6) is -0.718. The molecule has 1 amide bonds. The number of esters is 1. The van der Waals surface area contributed by atoms with Crippen LogP contribution in [0.4, 0.5) is 10.2 Å². The van der Waals surface area contributed by atoms with Crippen molar-refractivity contribution in [1.82, 2.24) is 14.5 Å². The van der Waals surface area contributed by atoms with Gasteiger partial charge in [0.2, 0.25) is 0 Å². The number of carbonyl (C=O) groups is 2. The maximum atomic E-state index is 14.2. The van der Waals surface area contributed by atoms with Crippen molar-refractivity contribution in [3.8, 4) is 11.1 Å². The molecule has 0 spiro atoms. The molecule has 1 aliphatic rings. The van der Waals surface area contributed by atoms with Crippen molar-refractivity contribution >= 4 is 29.3 Å². The molecule has 39 heavy (non-hydrogen) atoms. The Morgan fingerprint density at radius 3 is 2.62 bits per heavy atom. The van der Waals surface area contributed by atoms with Crippen molar-refractivity contribution in [3.05, 3.63) is 70.4 Å². The summed E-state index contributed by atoms with van der Waals surface area (Å²) in [5.41, 5.74) is 1.61. The van der Waals surface area contributed by atoms with E-state index in [1.807, 2.05) is 13.8 Å². The molecule has 1 aliphatic heterocycles. The minimum atomic E-state index is -1.06. The maximum Gasteiger partial charge on any atom is 0.302 e. The summed E-state index contributed by atoms with van der Waals surface area (Å²) in [6, 6.07) is 7.73. The number of benzene rings is 1. The molecule has 1 aromatic carbocycles. The summed E-state index contributed by atoms with van der Waals surface area (Å²) in [4.78, 5) is 31.0. The maximum absolute atomic E-state index is 14.2. The van der Waals surface area contributed by atoms with Gasteiger partial charge >= 0.3 is 5.97 Å². The van der Waals surface area contributed by atoms with Crippen LogP contribution < -0.4 is 5.32 Å². The summed E-state index contributed by atoms with van der Waals surface area (Å²) in [6.45, 7) is 4.58. The first-order valence-corrected chi connectivity index (χ1v) is 13.0. The topological polar surface area (TPSA) is 117 Å². The van der Waals surface area contributed by atoms with Gasteiger partial charge in [-0.25, -0.2) is 9.37 Å². The Bertz CT molecular complexity index is 1370. The summed E-state index contributed by atoms with van der Waals surface area (Å²) in [7, 11) is 0. The smallest absolute Gasteiger partial charge is 0.302 e. The van der Waals surface area contributed by atoms with E-state index in [9.17, 15) is 24.2 Å². The largest absolute Gasteiger partial charge is 0.461 e. The number of hydrogen-bond acceptors (Lipinski definition) is 7. The first kappa shape index (κ1) is 28.5. The van der Waals surface area contributed by atoms with E-state index in [-0.39, 0.29) is 51.4 Å². The van der Waals surface area contributed by atoms with Crippen LogP contribution in [0.25, 0.3) is 11.1 Å². The van der Waals surface area contributed by atoms with Crippen molar-refractivity contribution in [2.75, 3.05) is 25.1 Å². The van der Waals surface area contributed by atoms with Crippen molar-refractivity contribution in [2.24, 2.45) is 5.41 Å². The fraction of sp³-hybridized carbons (Fsp3) is 0.393. The zero-order valence-corrected chi connectivity index (χ0v) is 22.8. The van der Waals surface area contributed by atoms with Gasteiger partial charge in [-0.05, 0) is 49.2 Å². The van der Waals surface area contributed by atoms with Crippen LogP contribution in [-0.4, -0.2) is 62.3 Å². The molecule has 11 heteroatoms. The highest BCUT2D eigenvalue weighted by Crippen LogP contribution is 2.35. The number of amides is 1. The van der Waals surface area contributed by atoms with E-state index >= 15 is 0 Å². The van der Waals surface area contributed by atoms with E-state index in [1.165, 1.54) is 30.0 Å². The van der Waals surface area contributed by atoms with Crippen LogP contribution in [0.1, 0.15) is 42.4 Å². The molecule has 0 atom stereocenters. The number of rotatable bonds is 9. The van der Waals surface area contributed by atoms with Gasteiger partial charge < -0.3 is 29.7 Å². The van der Waals surface area contributed by atoms with E-state index in [1.54, 1.807) is 29.1 Å². The van der Waals surface area contributed by atoms with Crippen LogP contribution in [0.2, 0.25) is 5.02 Å². The Labute approximate surface area is 231 Å². The van der Waals surface area contributed by atoms with Crippen LogP contribution >= 0.6 is 11.6 Å². The third kappa shape index (κ3) is 6.41. The lowest BCUT2D eigenvalue weighted by atomic mass is 9.89. The third-order valence-electron chi connectivity index (χ3n) is 6.67. The van der Waals surface area contributed by atoms with Gasteiger partial charge in [0.25, 0.3) is 5.91 Å². The zero-order chi connectivity index (χ0) is 28.3. The van der Waals surface area contributed by atoms with E-state index < -0.39 is 17.2 Å². The first-order chi connectivity index (χ1) is 18.5. The number of fused-ring (bicyclic) bond motifs is 1. The molecule has 3 N–H and O–H groups in total. The number of aromatic nitrogens is 2. The SMILES string of the molecule is CC(=O)OCc1ccc(F)cc1CN1CC(CO)(CO)Cn2cc(-c3cc(NC(C)C)ncc3Cl)cc2C1=O. The third-order valence-corrected chi connectivity index (χ3v) is 6.97. The van der Waals surface area contributed by atoms with E-state index in [0.29, 0.717) is 38.8 Å². The van der Waals surface area contributed by atoms with Gasteiger partial charge in [-0.1, -0.05) is 17.7 Å². The summed E-state index contributed by atoms with van der Waals surface area (Å²) >= 11 is 6.48. The van der Waals surface area contributed by atoms with Gasteiger partial charge in [-0.2, -0.15) is 0 Å². The molecule has 208 valence electrons. The lowest BCUT2D eigenvalue weighted by Crippen LogP contribution is -2.44. The van der Waals surface area contributed by atoms with Gasteiger partial charge in [0.05, 0.1) is 23.7 Å². The monoisotopic (exact) mass is 558 g/mol. The number of nitrogens with zero attached hydrogens (tertiary/aromatic N) is 3. The number of halogens is 2. The highest BCUT2D eigenvalue weighted by Gasteiger charge is 2.39. The van der Waals surface area contributed by atoms with Gasteiger partial charge in [-0.3, -0.25) is 9.59 Å². The highest BCUT2D eigenvalue weighted by molar-refractivity contribution is 6.33. The molecule has 9 nitrogen and oxygen atoms in total. The Balaban J connectivity index is 1.75. The predicted octanol–water partition coefficient (Wildman–Crippen LogP) is 3.85. The van der Waals surface area contributed by atoms with Crippen molar-refractivity contribution in [2.45, 2.75) is 46.5 Å². The quantitative estimate of drug-likeness (QED) is 0.341. The molecule has 3 aromatic rings. The second kappa shape index (κ2) is 11.7. The molecule has 3 heterocycles. The van der Waals surface area contributed by atoms with E-state index in [4.69, 9.17) is 16.3 Å². The molecular formula is C28H32ClFN4O5. The zero-order valence-electron chi connectivity index (χ0n) is 22.1. The normalized spacial score (nSPS) is 14.8. The summed E-state index contributed by atoms with van der Waals surface area (Å²) < 4.78 is 21.0. The van der Waals surface area contributed by atoms with Crippen LogP contribution in [0.3, 0.4) is 0 Å². The minimum Gasteiger partial charge on any atom is -0.461 e. The van der Waals surface area contributed by atoms with Gasteiger partial charge in [0.1, 0.15) is 23.9 Å². The fourth-order valence-electron chi connectivity index (χ4n) is 4.70. The number of hydrogen-bond donors (Lipinski definition) is 3. The molecular weight excluding hydrogens is 527 g/mol. The second-order valence-electron chi connectivity index (χ2n) is 10.3. The molecule has 0 saturated carbocycles. The van der Waals surface area contributed by atoms with Crippen LogP contribution in [-0.2, 0) is 29.2 Å². The molecule has 4 rings (SSSR count). The van der Waals surface area contributed by atoms with Crippen molar-refractivity contribution in [3.63, 3.8) is 0 Å². The van der Waals surface area contributed by atoms with Crippen LogP contribution in [0.5, 0.6) is 0 Å². The molecule has 0 radical (unpaired) electrons. The number of ether oxygens (including phenoxy) is 1. The number of anilines is 1. The van der Waals surface area contributed by atoms with Crippen LogP contribution in [0.15, 0.2) is 42.7 Å². The fourth-order valence-corrected chi connectivity index (χ4v) is 4.91.